The highest BCUT2D eigenvalue weighted by molar-refractivity contribution is 5.89. The molecule has 0 radical (unpaired) electrons. The zero-order chi connectivity index (χ0) is 19.0. The minimum absolute atomic E-state index is 0.0273. The summed E-state index contributed by atoms with van der Waals surface area (Å²) in [4.78, 5) is 35.8. The molecule has 134 valence electrons. The van der Waals surface area contributed by atoms with E-state index >= 15 is 0 Å². The summed E-state index contributed by atoms with van der Waals surface area (Å²) >= 11 is 0. The second-order valence-electron chi connectivity index (χ2n) is 6.23. The minimum atomic E-state index is -0.657. The number of carbonyl (C=O) groups excluding carboxylic acids is 2. The maximum absolute atomic E-state index is 12.1. The van der Waals surface area contributed by atoms with E-state index in [1.165, 1.54) is 18.3 Å². The summed E-state index contributed by atoms with van der Waals surface area (Å²) in [6, 6.07) is 2.55. The second-order valence-corrected chi connectivity index (χ2v) is 6.23. The lowest BCUT2D eigenvalue weighted by Gasteiger charge is -2.19. The first-order chi connectivity index (χ1) is 11.7. The van der Waals surface area contributed by atoms with Crippen LogP contribution in [0.1, 0.15) is 31.1 Å². The van der Waals surface area contributed by atoms with E-state index in [9.17, 15) is 14.4 Å². The fraction of sp³-hybridized carbons (Fsp3) is 0.316. The van der Waals surface area contributed by atoms with Crippen LogP contribution in [-0.4, -0.2) is 28.7 Å². The van der Waals surface area contributed by atoms with Crippen molar-refractivity contribution in [1.82, 2.24) is 4.57 Å². The summed E-state index contributed by atoms with van der Waals surface area (Å²) in [7, 11) is 0. The molecule has 0 aliphatic rings. The third-order valence-corrected chi connectivity index (χ3v) is 2.90. The van der Waals surface area contributed by atoms with E-state index in [-0.39, 0.29) is 18.7 Å². The molecule has 1 heterocycles. The summed E-state index contributed by atoms with van der Waals surface area (Å²) in [5.41, 5.74) is -0.230. The Bertz CT molecular complexity index is 750. The zero-order valence-electron chi connectivity index (χ0n) is 14.8. The van der Waals surface area contributed by atoms with Crippen LogP contribution in [0.15, 0.2) is 60.1 Å². The summed E-state index contributed by atoms with van der Waals surface area (Å²) in [6.07, 6.45) is 6.06. The molecule has 0 unspecified atom stereocenters. The van der Waals surface area contributed by atoms with E-state index in [1.807, 2.05) is 0 Å². The predicted octanol–water partition coefficient (Wildman–Crippen LogP) is 2.65. The van der Waals surface area contributed by atoms with Gasteiger partial charge in [-0.1, -0.05) is 31.4 Å². The molecule has 1 rings (SSSR count). The molecule has 0 aromatic carbocycles. The largest absolute Gasteiger partial charge is 0.459 e. The van der Waals surface area contributed by atoms with Crippen molar-refractivity contribution >= 4 is 11.9 Å². The Balaban J connectivity index is 2.86. The van der Waals surface area contributed by atoms with Crippen LogP contribution in [0.4, 0.5) is 0 Å². The third kappa shape index (κ3) is 7.03. The van der Waals surface area contributed by atoms with E-state index in [1.54, 1.807) is 39.0 Å². The van der Waals surface area contributed by atoms with Crippen molar-refractivity contribution < 1.29 is 19.1 Å². The molecule has 0 fully saturated rings. The Labute approximate surface area is 147 Å². The van der Waals surface area contributed by atoms with Crippen LogP contribution in [0.5, 0.6) is 0 Å². The second kappa shape index (κ2) is 8.82. The molecule has 1 aromatic heterocycles. The zero-order valence-corrected chi connectivity index (χ0v) is 14.8. The number of ether oxygens (including phenoxy) is 2. The number of esters is 2. The maximum Gasteiger partial charge on any atom is 0.339 e. The highest BCUT2D eigenvalue weighted by atomic mass is 16.6. The van der Waals surface area contributed by atoms with E-state index < -0.39 is 23.1 Å². The van der Waals surface area contributed by atoms with Gasteiger partial charge in [0.05, 0.1) is 5.56 Å². The molecule has 6 heteroatoms. The molecular formula is C19H23NO5. The SMILES string of the molecule is C=C/C=C(\C=C)COC(=O)c1ccc(=O)n(CC(=O)OC(C)(C)C)c1. The van der Waals surface area contributed by atoms with Crippen LogP contribution in [-0.2, 0) is 20.8 Å². The number of pyridine rings is 1. The lowest BCUT2D eigenvalue weighted by Crippen LogP contribution is -2.30. The van der Waals surface area contributed by atoms with Crippen LogP contribution < -0.4 is 5.56 Å². The van der Waals surface area contributed by atoms with Gasteiger partial charge in [-0.3, -0.25) is 9.59 Å². The summed E-state index contributed by atoms with van der Waals surface area (Å²) < 4.78 is 11.4. The van der Waals surface area contributed by atoms with E-state index in [0.29, 0.717) is 5.57 Å². The van der Waals surface area contributed by atoms with Gasteiger partial charge in [0, 0.05) is 12.3 Å². The van der Waals surface area contributed by atoms with Crippen molar-refractivity contribution in [1.29, 1.82) is 0 Å². The van der Waals surface area contributed by atoms with Gasteiger partial charge in [-0.05, 0) is 32.4 Å². The first-order valence-electron chi connectivity index (χ1n) is 7.70. The number of hydrogen-bond donors (Lipinski definition) is 0. The molecule has 0 spiro atoms. The first-order valence-corrected chi connectivity index (χ1v) is 7.70. The van der Waals surface area contributed by atoms with Crippen molar-refractivity contribution in [2.45, 2.75) is 32.9 Å². The lowest BCUT2D eigenvalue weighted by atomic mass is 10.2. The van der Waals surface area contributed by atoms with Crippen molar-refractivity contribution in [2.24, 2.45) is 0 Å². The number of aromatic nitrogens is 1. The average Bonchev–Trinajstić information content (AvgIpc) is 2.51. The molecule has 25 heavy (non-hydrogen) atoms. The average molecular weight is 345 g/mol. The number of hydrogen-bond acceptors (Lipinski definition) is 5. The van der Waals surface area contributed by atoms with Gasteiger partial charge in [0.2, 0.25) is 0 Å². The standard InChI is InChI=1S/C19H23NO5/c1-6-8-14(7-2)13-24-18(23)15-9-10-16(21)20(11-15)12-17(22)25-19(3,4)5/h6-11H,1-2,12-13H2,3-5H3/b14-8+. The minimum Gasteiger partial charge on any atom is -0.459 e. The normalized spacial score (nSPS) is 11.6. The van der Waals surface area contributed by atoms with E-state index in [4.69, 9.17) is 9.47 Å². The van der Waals surface area contributed by atoms with Gasteiger partial charge in [0.15, 0.2) is 0 Å². The van der Waals surface area contributed by atoms with Crippen molar-refractivity contribution in [3.63, 3.8) is 0 Å². The van der Waals surface area contributed by atoms with Gasteiger partial charge < -0.3 is 14.0 Å². The maximum atomic E-state index is 12.1. The van der Waals surface area contributed by atoms with Crippen molar-refractivity contribution in [2.75, 3.05) is 6.61 Å². The van der Waals surface area contributed by atoms with Crippen LogP contribution in [0.2, 0.25) is 0 Å². The van der Waals surface area contributed by atoms with Crippen LogP contribution in [0.25, 0.3) is 0 Å². The van der Waals surface area contributed by atoms with Crippen LogP contribution in [0, 0.1) is 0 Å². The molecule has 0 saturated carbocycles. The van der Waals surface area contributed by atoms with Gasteiger partial charge in [-0.25, -0.2) is 4.79 Å². The molecule has 0 aliphatic heterocycles. The Morgan fingerprint density at radius 2 is 1.92 bits per heavy atom. The Morgan fingerprint density at radius 1 is 1.24 bits per heavy atom. The summed E-state index contributed by atoms with van der Waals surface area (Å²) in [5, 5.41) is 0. The number of allylic oxidation sites excluding steroid dienone is 2. The molecular weight excluding hydrogens is 322 g/mol. The lowest BCUT2D eigenvalue weighted by molar-refractivity contribution is -0.155. The van der Waals surface area contributed by atoms with Crippen molar-refractivity contribution in [3.05, 3.63) is 71.2 Å². The quantitative estimate of drug-likeness (QED) is 0.561. The smallest absolute Gasteiger partial charge is 0.339 e. The molecule has 0 amide bonds. The molecule has 0 N–H and O–H groups in total. The summed E-state index contributed by atoms with van der Waals surface area (Å²) in [6.45, 7) is 12.1. The number of rotatable bonds is 7. The highest BCUT2D eigenvalue weighted by Crippen LogP contribution is 2.08. The number of nitrogens with zero attached hydrogens (tertiary/aromatic N) is 1. The van der Waals surface area contributed by atoms with Gasteiger partial charge in [0.25, 0.3) is 5.56 Å². The van der Waals surface area contributed by atoms with Gasteiger partial charge in [-0.2, -0.15) is 0 Å². The fourth-order valence-electron chi connectivity index (χ4n) is 1.85. The number of carbonyl (C=O) groups is 2. The van der Waals surface area contributed by atoms with Crippen molar-refractivity contribution in [3.8, 4) is 0 Å². The molecule has 1 aromatic rings. The van der Waals surface area contributed by atoms with Crippen LogP contribution >= 0.6 is 0 Å². The molecule has 6 nitrogen and oxygen atoms in total. The summed E-state index contributed by atoms with van der Waals surface area (Å²) in [5.74, 6) is -1.18. The Hall–Kier alpha value is -2.89. The monoisotopic (exact) mass is 345 g/mol. The van der Waals surface area contributed by atoms with Gasteiger partial charge in [0.1, 0.15) is 18.8 Å². The first kappa shape index (κ1) is 20.2. The Morgan fingerprint density at radius 3 is 2.48 bits per heavy atom. The Kier molecular flexibility index (Phi) is 7.11. The highest BCUT2D eigenvalue weighted by Gasteiger charge is 2.17. The van der Waals surface area contributed by atoms with Crippen LogP contribution in [0.3, 0.4) is 0 Å². The van der Waals surface area contributed by atoms with Gasteiger partial charge in [-0.15, -0.1) is 0 Å². The fourth-order valence-corrected chi connectivity index (χ4v) is 1.85. The molecule has 0 bridgehead atoms. The molecule has 0 saturated heterocycles. The van der Waals surface area contributed by atoms with E-state index in [2.05, 4.69) is 13.2 Å². The molecule has 0 atom stereocenters. The third-order valence-electron chi connectivity index (χ3n) is 2.90. The molecule has 0 aliphatic carbocycles. The topological polar surface area (TPSA) is 74.6 Å². The predicted molar refractivity (Wildman–Crippen MR) is 95.3 cm³/mol. The van der Waals surface area contributed by atoms with Gasteiger partial charge >= 0.3 is 11.9 Å². The van der Waals surface area contributed by atoms with E-state index in [0.717, 1.165) is 4.57 Å².